The minimum absolute atomic E-state index is 0.734. The fraction of sp³-hybridized carbons (Fsp3) is 0.185. The Morgan fingerprint density at radius 1 is 0.613 bits per heavy atom. The summed E-state index contributed by atoms with van der Waals surface area (Å²) in [6, 6.07) is 25.5. The van der Waals surface area contributed by atoms with Gasteiger partial charge in [-0.2, -0.15) is 0 Å². The van der Waals surface area contributed by atoms with E-state index >= 15 is 0 Å². The molecule has 31 heavy (non-hydrogen) atoms. The van der Waals surface area contributed by atoms with Crippen LogP contribution in [-0.4, -0.2) is 28.2 Å². The maximum Gasteiger partial charge on any atom is 0.192 e. The van der Waals surface area contributed by atoms with E-state index in [1.807, 2.05) is 28.2 Å². The van der Waals surface area contributed by atoms with Crippen LogP contribution in [0.15, 0.2) is 72.8 Å². The first-order chi connectivity index (χ1) is 15.0. The second-order valence-corrected chi connectivity index (χ2v) is 8.69. The van der Waals surface area contributed by atoms with E-state index in [0.29, 0.717) is 0 Å². The summed E-state index contributed by atoms with van der Waals surface area (Å²) in [5, 5.41) is 2.37. The highest BCUT2D eigenvalue weighted by atomic mass is 16.5. The molecule has 0 N–H and O–H groups in total. The van der Waals surface area contributed by atoms with Gasteiger partial charge in [0.15, 0.2) is 5.60 Å². The normalized spacial score (nSPS) is 14.6. The molecular weight excluding hydrogens is 384 g/mol. The predicted molar refractivity (Wildman–Crippen MR) is 126 cm³/mol. The monoisotopic (exact) mass is 408 g/mol. The van der Waals surface area contributed by atoms with Crippen LogP contribution < -0.4 is 19.3 Å². The number of fused-ring (bicyclic) bond motifs is 5. The average Bonchev–Trinajstić information content (AvgIpc) is 3.10. The number of ether oxygens (including phenoxy) is 2. The summed E-state index contributed by atoms with van der Waals surface area (Å²) in [4.78, 5) is 4.18. The van der Waals surface area contributed by atoms with Gasteiger partial charge < -0.3 is 19.3 Å². The summed E-state index contributed by atoms with van der Waals surface area (Å²) in [6.45, 7) is 0. The highest BCUT2D eigenvalue weighted by molar-refractivity contribution is 5.96. The van der Waals surface area contributed by atoms with E-state index in [1.165, 1.54) is 16.3 Å². The molecule has 2 heterocycles. The van der Waals surface area contributed by atoms with Crippen molar-refractivity contribution in [3.8, 4) is 17.2 Å². The van der Waals surface area contributed by atoms with Crippen molar-refractivity contribution in [3.05, 3.63) is 89.5 Å². The van der Waals surface area contributed by atoms with Gasteiger partial charge in [-0.1, -0.05) is 30.3 Å². The molecule has 0 amide bonds. The van der Waals surface area contributed by atoms with E-state index in [4.69, 9.17) is 9.47 Å². The summed E-state index contributed by atoms with van der Waals surface area (Å²) in [5.74, 6) is 2.58. The second kappa shape index (κ2) is 6.17. The topological polar surface area (TPSA) is 24.9 Å². The van der Waals surface area contributed by atoms with Crippen molar-refractivity contribution in [1.82, 2.24) is 0 Å². The fourth-order valence-electron chi connectivity index (χ4n) is 4.90. The molecule has 4 heteroatoms. The van der Waals surface area contributed by atoms with Gasteiger partial charge in [-0.15, -0.1) is 0 Å². The highest BCUT2D eigenvalue weighted by Crippen LogP contribution is 2.59. The summed E-state index contributed by atoms with van der Waals surface area (Å²) in [7, 11) is 8.17. The number of nitrogens with zero attached hydrogens (tertiary/aromatic N) is 2. The smallest absolute Gasteiger partial charge is 0.192 e. The van der Waals surface area contributed by atoms with Gasteiger partial charge in [-0.05, 0) is 35.7 Å². The second-order valence-electron chi connectivity index (χ2n) is 8.69. The van der Waals surface area contributed by atoms with Gasteiger partial charge in [0.25, 0.3) is 0 Å². The van der Waals surface area contributed by atoms with Crippen LogP contribution in [0.5, 0.6) is 17.2 Å². The zero-order valence-corrected chi connectivity index (χ0v) is 18.1. The molecule has 0 aliphatic carbocycles. The molecule has 0 atom stereocenters. The summed E-state index contributed by atoms with van der Waals surface area (Å²) in [5.41, 5.74) is 4.69. The Balaban J connectivity index is 1.70. The van der Waals surface area contributed by atoms with Gasteiger partial charge in [0.2, 0.25) is 0 Å². The van der Waals surface area contributed by atoms with Crippen molar-refractivity contribution in [2.24, 2.45) is 0 Å². The minimum atomic E-state index is -0.734. The number of rotatable bonds is 2. The van der Waals surface area contributed by atoms with Gasteiger partial charge >= 0.3 is 0 Å². The summed E-state index contributed by atoms with van der Waals surface area (Å²) in [6.07, 6.45) is 0. The van der Waals surface area contributed by atoms with Gasteiger partial charge in [-0.3, -0.25) is 0 Å². The lowest BCUT2D eigenvalue weighted by Crippen LogP contribution is -2.36. The van der Waals surface area contributed by atoms with Crippen LogP contribution in [0.1, 0.15) is 16.7 Å². The third kappa shape index (κ3) is 2.36. The lowest BCUT2D eigenvalue weighted by molar-refractivity contribution is 0.157. The fourth-order valence-corrected chi connectivity index (χ4v) is 4.90. The Morgan fingerprint density at radius 3 is 1.77 bits per heavy atom. The molecule has 4 aromatic rings. The maximum atomic E-state index is 6.90. The molecule has 4 aromatic carbocycles. The van der Waals surface area contributed by atoms with Gasteiger partial charge in [0, 0.05) is 73.8 Å². The Bertz CT molecular complexity index is 1290. The molecule has 0 aromatic heterocycles. The molecule has 0 unspecified atom stereocenters. The lowest BCUT2D eigenvalue weighted by Gasteiger charge is -2.38. The third-order valence-electron chi connectivity index (χ3n) is 6.45. The molecule has 0 saturated carbocycles. The maximum absolute atomic E-state index is 6.90. The first-order valence-corrected chi connectivity index (χ1v) is 10.5. The molecule has 0 radical (unpaired) electrons. The first kappa shape index (κ1) is 18.1. The third-order valence-corrected chi connectivity index (χ3v) is 6.45. The quantitative estimate of drug-likeness (QED) is 0.421. The van der Waals surface area contributed by atoms with Crippen LogP contribution in [0.4, 0.5) is 11.4 Å². The lowest BCUT2D eigenvalue weighted by atomic mass is 9.77. The van der Waals surface area contributed by atoms with Crippen molar-refractivity contribution in [2.75, 3.05) is 38.0 Å². The number of benzene rings is 4. The van der Waals surface area contributed by atoms with E-state index in [-0.39, 0.29) is 0 Å². The highest BCUT2D eigenvalue weighted by Gasteiger charge is 2.51. The van der Waals surface area contributed by atoms with Crippen LogP contribution in [0, 0.1) is 0 Å². The summed E-state index contributed by atoms with van der Waals surface area (Å²) >= 11 is 0. The van der Waals surface area contributed by atoms with Crippen molar-refractivity contribution in [2.45, 2.75) is 5.60 Å². The van der Waals surface area contributed by atoms with Crippen molar-refractivity contribution < 1.29 is 9.47 Å². The van der Waals surface area contributed by atoms with Crippen molar-refractivity contribution in [1.29, 1.82) is 0 Å². The van der Waals surface area contributed by atoms with E-state index < -0.39 is 5.60 Å². The summed E-state index contributed by atoms with van der Waals surface area (Å²) < 4.78 is 13.4. The first-order valence-electron chi connectivity index (χ1n) is 10.5. The Morgan fingerprint density at radius 2 is 1.19 bits per heavy atom. The van der Waals surface area contributed by atoms with Crippen LogP contribution in [-0.2, 0) is 5.60 Å². The molecular formula is C27H24N2O2. The molecule has 154 valence electrons. The SMILES string of the molecule is CN(C)c1ccc2c(c1)Oc1cc(N(C)C)ccc1C21Oc2cccc3cccc1c23. The minimum Gasteiger partial charge on any atom is -0.472 e. The van der Waals surface area contributed by atoms with Crippen molar-refractivity contribution in [3.63, 3.8) is 0 Å². The van der Waals surface area contributed by atoms with E-state index in [9.17, 15) is 0 Å². The van der Waals surface area contributed by atoms with E-state index in [2.05, 4.69) is 82.6 Å². The van der Waals surface area contributed by atoms with Gasteiger partial charge in [-0.25, -0.2) is 0 Å². The average molecular weight is 409 g/mol. The largest absolute Gasteiger partial charge is 0.472 e. The number of anilines is 2. The molecule has 0 fully saturated rings. The molecule has 4 nitrogen and oxygen atoms in total. The van der Waals surface area contributed by atoms with Crippen LogP contribution in [0.3, 0.4) is 0 Å². The predicted octanol–water partition coefficient (Wildman–Crippen LogP) is 5.76. The van der Waals surface area contributed by atoms with Crippen molar-refractivity contribution >= 4 is 22.1 Å². The number of hydrogen-bond donors (Lipinski definition) is 0. The van der Waals surface area contributed by atoms with Crippen LogP contribution in [0.2, 0.25) is 0 Å². The molecule has 0 bridgehead atoms. The van der Waals surface area contributed by atoms with Crippen LogP contribution >= 0.6 is 0 Å². The van der Waals surface area contributed by atoms with Crippen LogP contribution in [0.25, 0.3) is 10.8 Å². The zero-order chi connectivity index (χ0) is 21.3. The molecule has 0 saturated heterocycles. The van der Waals surface area contributed by atoms with Gasteiger partial charge in [0.1, 0.15) is 17.2 Å². The Hall–Kier alpha value is -3.66. The molecule has 1 spiro atoms. The Kier molecular flexibility index (Phi) is 3.61. The number of hydrogen-bond acceptors (Lipinski definition) is 4. The van der Waals surface area contributed by atoms with E-state index in [1.54, 1.807) is 0 Å². The Labute approximate surface area is 182 Å². The molecule has 6 rings (SSSR count). The molecule has 2 aliphatic heterocycles. The standard InChI is InChI=1S/C27H24N2O2/c1-28(2)18-11-13-20-24(15-18)30-25-16-19(29(3)4)12-14-21(25)27(20)22-9-5-7-17-8-6-10-23(31-27)26(17)22/h5-16H,1-4H3. The van der Waals surface area contributed by atoms with Gasteiger partial charge in [0.05, 0.1) is 0 Å². The zero-order valence-electron chi connectivity index (χ0n) is 18.1. The molecule has 2 aliphatic rings. The van der Waals surface area contributed by atoms with E-state index in [0.717, 1.165) is 39.8 Å².